The second kappa shape index (κ2) is 7.70. The van der Waals surface area contributed by atoms with Gasteiger partial charge < -0.3 is 14.9 Å². The van der Waals surface area contributed by atoms with Crippen molar-refractivity contribution < 1.29 is 14.9 Å². The lowest BCUT2D eigenvalue weighted by Gasteiger charge is -2.26. The molecule has 3 nitrogen and oxygen atoms in total. The van der Waals surface area contributed by atoms with Gasteiger partial charge in [0.05, 0.1) is 11.7 Å². The Balaban J connectivity index is 2.32. The molecule has 0 aromatic heterocycles. The third-order valence-corrected chi connectivity index (χ3v) is 5.24. The van der Waals surface area contributed by atoms with Crippen molar-refractivity contribution in [2.75, 3.05) is 13.7 Å². The van der Waals surface area contributed by atoms with Crippen molar-refractivity contribution in [1.82, 2.24) is 0 Å². The summed E-state index contributed by atoms with van der Waals surface area (Å²) in [6.45, 7) is 8.24. The van der Waals surface area contributed by atoms with Crippen LogP contribution >= 0.6 is 0 Å². The van der Waals surface area contributed by atoms with Crippen molar-refractivity contribution in [3.05, 3.63) is 34.4 Å². The quantitative estimate of drug-likeness (QED) is 0.832. The van der Waals surface area contributed by atoms with Crippen molar-refractivity contribution in [3.8, 4) is 11.8 Å². The standard InChI is InChI=1S/C21H30O3/c1-14-12-16(13-19(15(14)2)21(3,4)23)17-9-10-20(22)18(17)8-6-7-11-24-5/h12-13,17-18,20,22-23H,8-11H2,1-5H3. The lowest BCUT2D eigenvalue weighted by atomic mass is 9.81. The van der Waals surface area contributed by atoms with Gasteiger partial charge in [0.25, 0.3) is 0 Å². The molecule has 2 rings (SSSR count). The van der Waals surface area contributed by atoms with Crippen LogP contribution in [0.25, 0.3) is 0 Å². The summed E-state index contributed by atoms with van der Waals surface area (Å²) < 4.78 is 4.96. The van der Waals surface area contributed by atoms with Crippen LogP contribution in [0.2, 0.25) is 0 Å². The summed E-state index contributed by atoms with van der Waals surface area (Å²) in [5.74, 6) is 6.57. The molecule has 0 aliphatic heterocycles. The molecule has 0 spiro atoms. The average Bonchev–Trinajstić information content (AvgIpc) is 2.86. The molecular formula is C21H30O3. The molecule has 0 amide bonds. The molecular weight excluding hydrogens is 300 g/mol. The Labute approximate surface area is 146 Å². The van der Waals surface area contributed by atoms with Gasteiger partial charge in [-0.3, -0.25) is 0 Å². The largest absolute Gasteiger partial charge is 0.393 e. The van der Waals surface area contributed by atoms with Gasteiger partial charge in [-0.05, 0) is 68.7 Å². The van der Waals surface area contributed by atoms with Gasteiger partial charge in [-0.1, -0.05) is 18.1 Å². The van der Waals surface area contributed by atoms with E-state index in [4.69, 9.17) is 4.74 Å². The minimum Gasteiger partial charge on any atom is -0.393 e. The van der Waals surface area contributed by atoms with E-state index in [1.807, 2.05) is 13.8 Å². The zero-order valence-corrected chi connectivity index (χ0v) is 15.5. The van der Waals surface area contributed by atoms with Crippen LogP contribution in [-0.4, -0.2) is 30.0 Å². The van der Waals surface area contributed by atoms with Crippen LogP contribution in [0.15, 0.2) is 12.1 Å². The minimum atomic E-state index is -0.865. The van der Waals surface area contributed by atoms with E-state index in [0.717, 1.165) is 24.0 Å². The highest BCUT2D eigenvalue weighted by Gasteiger charge is 2.36. The lowest BCUT2D eigenvalue weighted by molar-refractivity contribution is 0.0777. The number of ether oxygens (including phenoxy) is 1. The van der Waals surface area contributed by atoms with E-state index in [-0.39, 0.29) is 17.9 Å². The number of benzene rings is 1. The van der Waals surface area contributed by atoms with Gasteiger partial charge in [-0.2, -0.15) is 0 Å². The predicted molar refractivity (Wildman–Crippen MR) is 96.9 cm³/mol. The highest BCUT2D eigenvalue weighted by Crippen LogP contribution is 2.43. The number of rotatable bonds is 4. The van der Waals surface area contributed by atoms with Crippen LogP contribution in [0.1, 0.15) is 61.3 Å². The summed E-state index contributed by atoms with van der Waals surface area (Å²) in [6.07, 6.45) is 2.15. The lowest BCUT2D eigenvalue weighted by Crippen LogP contribution is -2.21. The Hall–Kier alpha value is -1.34. The first-order valence-electron chi connectivity index (χ1n) is 8.72. The molecule has 0 bridgehead atoms. The Morgan fingerprint density at radius 1 is 1.21 bits per heavy atom. The molecule has 3 unspecified atom stereocenters. The van der Waals surface area contributed by atoms with Gasteiger partial charge in [0.2, 0.25) is 0 Å². The second-order valence-corrected chi connectivity index (χ2v) is 7.48. The molecule has 24 heavy (non-hydrogen) atoms. The smallest absolute Gasteiger partial charge is 0.107 e. The molecule has 0 saturated heterocycles. The number of aliphatic hydroxyl groups is 2. The molecule has 3 atom stereocenters. The molecule has 1 aliphatic carbocycles. The van der Waals surface area contributed by atoms with Crippen LogP contribution in [0.4, 0.5) is 0 Å². The fourth-order valence-electron chi connectivity index (χ4n) is 3.79. The third-order valence-electron chi connectivity index (χ3n) is 5.24. The summed E-state index contributed by atoms with van der Waals surface area (Å²) in [6, 6.07) is 4.34. The van der Waals surface area contributed by atoms with Gasteiger partial charge in [-0.25, -0.2) is 0 Å². The van der Waals surface area contributed by atoms with E-state index in [2.05, 4.69) is 37.8 Å². The fraction of sp³-hybridized carbons (Fsp3) is 0.619. The van der Waals surface area contributed by atoms with Crippen LogP contribution < -0.4 is 0 Å². The third kappa shape index (κ3) is 4.19. The van der Waals surface area contributed by atoms with Gasteiger partial charge in [0.15, 0.2) is 0 Å². The first-order chi connectivity index (χ1) is 11.3. The molecule has 1 aromatic rings. The second-order valence-electron chi connectivity index (χ2n) is 7.48. The molecule has 132 valence electrons. The number of aryl methyl sites for hydroxylation is 1. The first-order valence-corrected chi connectivity index (χ1v) is 8.72. The predicted octanol–water partition coefficient (Wildman–Crippen LogP) is 3.43. The molecule has 1 fully saturated rings. The maximum absolute atomic E-state index is 10.5. The van der Waals surface area contributed by atoms with Gasteiger partial charge in [0.1, 0.15) is 6.61 Å². The Morgan fingerprint density at radius 2 is 1.92 bits per heavy atom. The summed E-state index contributed by atoms with van der Waals surface area (Å²) in [5.41, 5.74) is 3.65. The van der Waals surface area contributed by atoms with E-state index in [9.17, 15) is 10.2 Å². The monoisotopic (exact) mass is 330 g/mol. The molecule has 0 radical (unpaired) electrons. The number of hydrogen-bond acceptors (Lipinski definition) is 3. The summed E-state index contributed by atoms with van der Waals surface area (Å²) >= 11 is 0. The van der Waals surface area contributed by atoms with Crippen molar-refractivity contribution >= 4 is 0 Å². The number of methoxy groups -OCH3 is 1. The molecule has 0 heterocycles. The SMILES string of the molecule is COCC#CCC1C(O)CCC1c1cc(C)c(C)c(C(C)(C)O)c1. The van der Waals surface area contributed by atoms with Gasteiger partial charge in [-0.15, -0.1) is 5.92 Å². The molecule has 1 aliphatic rings. The van der Waals surface area contributed by atoms with Crippen molar-refractivity contribution in [2.24, 2.45) is 5.92 Å². The van der Waals surface area contributed by atoms with E-state index >= 15 is 0 Å². The minimum absolute atomic E-state index is 0.145. The summed E-state index contributed by atoms with van der Waals surface area (Å²) in [7, 11) is 1.63. The Morgan fingerprint density at radius 3 is 2.54 bits per heavy atom. The average molecular weight is 330 g/mol. The van der Waals surface area contributed by atoms with E-state index < -0.39 is 5.60 Å². The molecule has 1 aromatic carbocycles. The van der Waals surface area contributed by atoms with Crippen molar-refractivity contribution in [2.45, 2.75) is 64.6 Å². The highest BCUT2D eigenvalue weighted by molar-refractivity contribution is 5.42. The highest BCUT2D eigenvalue weighted by atomic mass is 16.5. The molecule has 3 heteroatoms. The Kier molecular flexibility index (Phi) is 6.09. The van der Waals surface area contributed by atoms with Gasteiger partial charge in [0, 0.05) is 19.4 Å². The summed E-state index contributed by atoms with van der Waals surface area (Å²) in [5, 5.41) is 20.9. The first kappa shape index (κ1) is 19.0. The van der Waals surface area contributed by atoms with E-state index in [1.165, 1.54) is 11.1 Å². The summed E-state index contributed by atoms with van der Waals surface area (Å²) in [4.78, 5) is 0. The molecule has 1 saturated carbocycles. The van der Waals surface area contributed by atoms with Crippen molar-refractivity contribution in [1.29, 1.82) is 0 Å². The van der Waals surface area contributed by atoms with Crippen LogP contribution in [-0.2, 0) is 10.3 Å². The fourth-order valence-corrected chi connectivity index (χ4v) is 3.79. The van der Waals surface area contributed by atoms with Crippen LogP contribution in [0.3, 0.4) is 0 Å². The van der Waals surface area contributed by atoms with Crippen LogP contribution in [0.5, 0.6) is 0 Å². The topological polar surface area (TPSA) is 49.7 Å². The maximum atomic E-state index is 10.5. The van der Waals surface area contributed by atoms with Crippen molar-refractivity contribution in [3.63, 3.8) is 0 Å². The molecule has 2 N–H and O–H groups in total. The zero-order valence-electron chi connectivity index (χ0n) is 15.5. The van der Waals surface area contributed by atoms with Crippen LogP contribution in [0, 0.1) is 31.6 Å². The normalized spacial score (nSPS) is 23.9. The Bertz CT molecular complexity index is 631. The number of aliphatic hydroxyl groups excluding tert-OH is 1. The zero-order chi connectivity index (χ0) is 17.9. The maximum Gasteiger partial charge on any atom is 0.107 e. The van der Waals surface area contributed by atoms with E-state index in [1.54, 1.807) is 7.11 Å². The van der Waals surface area contributed by atoms with E-state index in [0.29, 0.717) is 13.0 Å². The van der Waals surface area contributed by atoms with Gasteiger partial charge >= 0.3 is 0 Å². The number of hydrogen-bond donors (Lipinski definition) is 2.